The molecular formula is C18H24N4O2. The highest BCUT2D eigenvalue weighted by Gasteiger charge is 2.47. The summed E-state index contributed by atoms with van der Waals surface area (Å²) in [7, 11) is 2.06. The number of nitrogens with zero attached hydrogens (tertiary/aromatic N) is 4. The monoisotopic (exact) mass is 328 g/mol. The van der Waals surface area contributed by atoms with Crippen LogP contribution in [-0.2, 0) is 6.54 Å². The SMILES string of the molecule is CN1CCC(O)(Cn2cc(-c3ccncc3)ncc2=O)C(C)(C)C1. The molecule has 6 nitrogen and oxygen atoms in total. The molecule has 0 saturated carbocycles. The molecule has 0 spiro atoms. The van der Waals surface area contributed by atoms with Gasteiger partial charge in [0.25, 0.3) is 5.56 Å². The van der Waals surface area contributed by atoms with Crippen LogP contribution in [-0.4, -0.2) is 50.3 Å². The lowest BCUT2D eigenvalue weighted by Crippen LogP contribution is -2.59. The van der Waals surface area contributed by atoms with Gasteiger partial charge in [-0.05, 0) is 25.6 Å². The van der Waals surface area contributed by atoms with Crippen LogP contribution in [0.4, 0.5) is 0 Å². The molecule has 6 heteroatoms. The van der Waals surface area contributed by atoms with Crippen LogP contribution in [0.1, 0.15) is 20.3 Å². The average molecular weight is 328 g/mol. The molecule has 3 heterocycles. The smallest absolute Gasteiger partial charge is 0.269 e. The van der Waals surface area contributed by atoms with Crippen LogP contribution in [0.3, 0.4) is 0 Å². The lowest BCUT2D eigenvalue weighted by molar-refractivity contribution is -0.124. The van der Waals surface area contributed by atoms with Crippen molar-refractivity contribution in [2.24, 2.45) is 5.41 Å². The maximum atomic E-state index is 12.3. The molecule has 3 rings (SSSR count). The molecule has 0 aromatic carbocycles. The van der Waals surface area contributed by atoms with Gasteiger partial charge in [-0.25, -0.2) is 4.98 Å². The van der Waals surface area contributed by atoms with Crippen molar-refractivity contribution in [1.29, 1.82) is 0 Å². The maximum absolute atomic E-state index is 12.3. The second kappa shape index (κ2) is 6.11. The Labute approximate surface area is 141 Å². The first-order chi connectivity index (χ1) is 11.3. The average Bonchev–Trinajstić information content (AvgIpc) is 2.54. The molecule has 1 aliphatic rings. The quantitative estimate of drug-likeness (QED) is 0.922. The zero-order valence-electron chi connectivity index (χ0n) is 14.4. The van der Waals surface area contributed by atoms with Crippen molar-refractivity contribution in [3.63, 3.8) is 0 Å². The molecule has 24 heavy (non-hydrogen) atoms. The first kappa shape index (κ1) is 16.8. The molecular weight excluding hydrogens is 304 g/mol. The van der Waals surface area contributed by atoms with Gasteiger partial charge in [0.05, 0.1) is 24.0 Å². The molecule has 128 valence electrons. The van der Waals surface area contributed by atoms with Gasteiger partial charge >= 0.3 is 0 Å². The number of aromatic nitrogens is 3. The van der Waals surface area contributed by atoms with Gasteiger partial charge in [0.1, 0.15) is 0 Å². The van der Waals surface area contributed by atoms with E-state index in [1.807, 2.05) is 12.1 Å². The first-order valence-corrected chi connectivity index (χ1v) is 8.19. The number of likely N-dealkylation sites (tertiary alicyclic amines) is 1. The van der Waals surface area contributed by atoms with Crippen LogP contribution in [0.25, 0.3) is 11.3 Å². The molecule has 2 aromatic rings. The summed E-state index contributed by atoms with van der Waals surface area (Å²) in [5.74, 6) is 0. The van der Waals surface area contributed by atoms with E-state index in [0.29, 0.717) is 12.1 Å². The number of rotatable bonds is 3. The van der Waals surface area contributed by atoms with Crippen molar-refractivity contribution in [3.05, 3.63) is 47.3 Å². The Morgan fingerprint density at radius 3 is 2.67 bits per heavy atom. The minimum absolute atomic E-state index is 0.198. The van der Waals surface area contributed by atoms with Crippen LogP contribution in [0.15, 0.2) is 41.7 Å². The van der Waals surface area contributed by atoms with E-state index in [0.717, 1.165) is 18.7 Å². The minimum Gasteiger partial charge on any atom is -0.387 e. The summed E-state index contributed by atoms with van der Waals surface area (Å²) in [6, 6.07) is 3.71. The Kier molecular flexibility index (Phi) is 4.27. The fourth-order valence-electron chi connectivity index (χ4n) is 3.43. The van der Waals surface area contributed by atoms with Gasteiger partial charge < -0.3 is 14.6 Å². The van der Waals surface area contributed by atoms with Crippen molar-refractivity contribution < 1.29 is 5.11 Å². The summed E-state index contributed by atoms with van der Waals surface area (Å²) in [6.07, 6.45) is 7.07. The number of hydrogen-bond acceptors (Lipinski definition) is 5. The molecule has 1 aliphatic heterocycles. The Morgan fingerprint density at radius 2 is 2.00 bits per heavy atom. The van der Waals surface area contributed by atoms with Gasteiger partial charge in [-0.1, -0.05) is 13.8 Å². The van der Waals surface area contributed by atoms with E-state index in [1.54, 1.807) is 23.2 Å². The standard InChI is InChI=1S/C18H24N4O2/c1-17(2)12-21(3)9-6-18(17,24)13-22-11-15(20-10-16(22)23)14-4-7-19-8-5-14/h4-5,7-8,10-11,24H,6,9,12-13H2,1-3H3. The van der Waals surface area contributed by atoms with Crippen molar-refractivity contribution in [2.75, 3.05) is 20.1 Å². The van der Waals surface area contributed by atoms with Crippen LogP contribution in [0.2, 0.25) is 0 Å². The fraction of sp³-hybridized carbons (Fsp3) is 0.500. The summed E-state index contributed by atoms with van der Waals surface area (Å²) >= 11 is 0. The number of piperidine rings is 1. The maximum Gasteiger partial charge on any atom is 0.269 e. The zero-order valence-corrected chi connectivity index (χ0v) is 14.4. The molecule has 1 fully saturated rings. The second-order valence-corrected chi connectivity index (χ2v) is 7.38. The van der Waals surface area contributed by atoms with Gasteiger partial charge in [0, 0.05) is 42.7 Å². The van der Waals surface area contributed by atoms with Gasteiger partial charge in [0.2, 0.25) is 0 Å². The largest absolute Gasteiger partial charge is 0.387 e. The van der Waals surface area contributed by atoms with Gasteiger partial charge in [-0.2, -0.15) is 0 Å². The van der Waals surface area contributed by atoms with Crippen molar-refractivity contribution in [1.82, 2.24) is 19.4 Å². The predicted octanol–water partition coefficient (Wildman–Crippen LogP) is 1.40. The van der Waals surface area contributed by atoms with Crippen LogP contribution in [0.5, 0.6) is 0 Å². The third kappa shape index (κ3) is 3.12. The van der Waals surface area contributed by atoms with Crippen LogP contribution in [0, 0.1) is 5.41 Å². The Balaban J connectivity index is 1.94. The third-order valence-electron chi connectivity index (χ3n) is 5.12. The van der Waals surface area contributed by atoms with Crippen molar-refractivity contribution >= 4 is 0 Å². The molecule has 0 aliphatic carbocycles. The van der Waals surface area contributed by atoms with E-state index in [9.17, 15) is 9.90 Å². The van der Waals surface area contributed by atoms with E-state index in [2.05, 4.69) is 35.8 Å². The summed E-state index contributed by atoms with van der Waals surface area (Å²) in [6.45, 7) is 5.99. The first-order valence-electron chi connectivity index (χ1n) is 8.19. The van der Waals surface area contributed by atoms with Gasteiger partial charge in [0.15, 0.2) is 0 Å². The van der Waals surface area contributed by atoms with Crippen LogP contribution >= 0.6 is 0 Å². The Hall–Kier alpha value is -2.05. The highest BCUT2D eigenvalue weighted by molar-refractivity contribution is 5.56. The number of hydrogen-bond donors (Lipinski definition) is 1. The van der Waals surface area contributed by atoms with E-state index in [-0.39, 0.29) is 17.5 Å². The summed E-state index contributed by atoms with van der Waals surface area (Å²) in [5.41, 5.74) is 0.162. The fourth-order valence-corrected chi connectivity index (χ4v) is 3.43. The predicted molar refractivity (Wildman–Crippen MR) is 92.6 cm³/mol. The Morgan fingerprint density at radius 1 is 1.29 bits per heavy atom. The number of aliphatic hydroxyl groups is 1. The minimum atomic E-state index is -0.930. The molecule has 2 aromatic heterocycles. The van der Waals surface area contributed by atoms with E-state index >= 15 is 0 Å². The third-order valence-corrected chi connectivity index (χ3v) is 5.12. The van der Waals surface area contributed by atoms with Gasteiger partial charge in [-0.15, -0.1) is 0 Å². The molecule has 1 saturated heterocycles. The highest BCUT2D eigenvalue weighted by Crippen LogP contribution is 2.39. The van der Waals surface area contributed by atoms with E-state index in [4.69, 9.17) is 0 Å². The van der Waals surface area contributed by atoms with E-state index in [1.165, 1.54) is 6.20 Å². The van der Waals surface area contributed by atoms with Crippen LogP contribution < -0.4 is 5.56 Å². The number of pyridine rings is 1. The second-order valence-electron chi connectivity index (χ2n) is 7.38. The Bertz CT molecular complexity index is 772. The summed E-state index contributed by atoms with van der Waals surface area (Å²) < 4.78 is 1.58. The van der Waals surface area contributed by atoms with Crippen molar-refractivity contribution in [3.8, 4) is 11.3 Å². The molecule has 0 radical (unpaired) electrons. The molecule has 1 atom stereocenters. The topological polar surface area (TPSA) is 71.2 Å². The summed E-state index contributed by atoms with van der Waals surface area (Å²) in [4.78, 5) is 22.7. The lowest BCUT2D eigenvalue weighted by atomic mass is 9.70. The molecule has 1 unspecified atom stereocenters. The summed E-state index contributed by atoms with van der Waals surface area (Å²) in [5, 5.41) is 11.2. The van der Waals surface area contributed by atoms with Gasteiger partial charge in [-0.3, -0.25) is 9.78 Å². The molecule has 0 bridgehead atoms. The van der Waals surface area contributed by atoms with Crippen molar-refractivity contribution in [2.45, 2.75) is 32.4 Å². The van der Waals surface area contributed by atoms with E-state index < -0.39 is 5.60 Å². The normalized spacial score (nSPS) is 24.0. The zero-order chi connectivity index (χ0) is 17.4. The lowest BCUT2D eigenvalue weighted by Gasteiger charge is -2.49. The molecule has 1 N–H and O–H groups in total. The highest BCUT2D eigenvalue weighted by atomic mass is 16.3. The molecule has 0 amide bonds.